The Bertz CT molecular complexity index is 1100. The molecule has 0 bridgehead atoms. The minimum atomic E-state index is 0.535. The summed E-state index contributed by atoms with van der Waals surface area (Å²) in [6, 6.07) is 11.4. The molecule has 2 heterocycles. The van der Waals surface area contributed by atoms with Gasteiger partial charge in [0.25, 0.3) is 0 Å². The van der Waals surface area contributed by atoms with Crippen LogP contribution in [0, 0.1) is 0 Å². The van der Waals surface area contributed by atoms with Crippen LogP contribution in [-0.4, -0.2) is 36.1 Å². The molecular weight excluding hydrogens is 384 g/mol. The number of rotatable bonds is 7. The van der Waals surface area contributed by atoms with E-state index in [4.69, 9.17) is 14.6 Å². The third-order valence-electron chi connectivity index (χ3n) is 4.14. The number of methoxy groups -OCH3 is 2. The maximum absolute atomic E-state index is 5.58. The summed E-state index contributed by atoms with van der Waals surface area (Å²) in [6.45, 7) is 8.36. The fraction of sp³-hybridized carbons (Fsp3) is 0.227. The Hall–Kier alpha value is -3.19. The molecule has 2 aromatic heterocycles. The van der Waals surface area contributed by atoms with Gasteiger partial charge in [-0.15, -0.1) is 11.3 Å². The molecular formula is C22H24N4O2S. The zero-order valence-corrected chi connectivity index (χ0v) is 17.9. The molecule has 0 amide bonds. The standard InChI is InChI=1S/C22H24N4O2S/c1-15(2)13-24-22-26(25-16(3)19-8-6-7-11-23-19)20(14-29-22)18-12-17(27-4)9-10-21(18)28-5/h6-12,14H,1,13H2,2-5H3. The Balaban J connectivity index is 2.22. The van der Waals surface area contributed by atoms with Crippen molar-refractivity contribution in [1.29, 1.82) is 0 Å². The van der Waals surface area contributed by atoms with Crippen LogP contribution in [0.2, 0.25) is 0 Å². The highest BCUT2D eigenvalue weighted by Gasteiger charge is 2.15. The van der Waals surface area contributed by atoms with E-state index in [-0.39, 0.29) is 0 Å². The van der Waals surface area contributed by atoms with Crippen LogP contribution >= 0.6 is 11.3 Å². The summed E-state index contributed by atoms with van der Waals surface area (Å²) in [4.78, 5) is 9.84. The van der Waals surface area contributed by atoms with Gasteiger partial charge in [0.1, 0.15) is 11.5 Å². The normalized spacial score (nSPS) is 12.1. The van der Waals surface area contributed by atoms with Gasteiger partial charge in [-0.1, -0.05) is 18.2 Å². The highest BCUT2D eigenvalue weighted by atomic mass is 32.1. The number of ether oxygens (including phenoxy) is 2. The first-order valence-corrected chi connectivity index (χ1v) is 9.96. The summed E-state index contributed by atoms with van der Waals surface area (Å²) in [5, 5.41) is 6.85. The van der Waals surface area contributed by atoms with E-state index < -0.39 is 0 Å². The summed E-state index contributed by atoms with van der Waals surface area (Å²) < 4.78 is 12.8. The average Bonchev–Trinajstić information content (AvgIpc) is 3.14. The van der Waals surface area contributed by atoms with E-state index in [0.717, 1.165) is 44.5 Å². The number of thiazole rings is 1. The molecule has 0 saturated heterocycles. The number of pyridine rings is 1. The van der Waals surface area contributed by atoms with Gasteiger partial charge < -0.3 is 9.47 Å². The lowest BCUT2D eigenvalue weighted by Crippen LogP contribution is -2.15. The third-order valence-corrected chi connectivity index (χ3v) is 4.99. The zero-order chi connectivity index (χ0) is 20.8. The SMILES string of the molecule is C=C(C)CN=c1scc(-c2cc(OC)ccc2OC)n1N=C(C)c1ccccn1. The molecule has 6 nitrogen and oxygen atoms in total. The number of hydrogen-bond donors (Lipinski definition) is 0. The largest absolute Gasteiger partial charge is 0.497 e. The van der Waals surface area contributed by atoms with Gasteiger partial charge in [0.2, 0.25) is 4.80 Å². The van der Waals surface area contributed by atoms with E-state index in [1.54, 1.807) is 20.4 Å². The first-order valence-electron chi connectivity index (χ1n) is 9.08. The predicted octanol–water partition coefficient (Wildman–Crippen LogP) is 4.38. The molecule has 3 rings (SSSR count). The second kappa shape index (κ2) is 9.34. The van der Waals surface area contributed by atoms with Crippen molar-refractivity contribution < 1.29 is 9.47 Å². The van der Waals surface area contributed by atoms with Gasteiger partial charge in [0.15, 0.2) is 0 Å². The maximum atomic E-state index is 5.58. The second-order valence-corrected chi connectivity index (χ2v) is 7.29. The van der Waals surface area contributed by atoms with Crippen LogP contribution in [0.5, 0.6) is 11.5 Å². The summed E-state index contributed by atoms with van der Waals surface area (Å²) in [5.74, 6) is 1.47. The molecule has 0 aliphatic heterocycles. The first kappa shape index (κ1) is 20.5. The van der Waals surface area contributed by atoms with Crippen molar-refractivity contribution in [2.45, 2.75) is 13.8 Å². The first-order chi connectivity index (χ1) is 14.0. The van der Waals surface area contributed by atoms with Gasteiger partial charge in [0.05, 0.1) is 37.9 Å². The lowest BCUT2D eigenvalue weighted by Gasteiger charge is -2.11. The van der Waals surface area contributed by atoms with Crippen molar-refractivity contribution in [2.75, 3.05) is 20.8 Å². The molecule has 29 heavy (non-hydrogen) atoms. The third kappa shape index (κ3) is 4.81. The lowest BCUT2D eigenvalue weighted by molar-refractivity contribution is 0.404. The van der Waals surface area contributed by atoms with E-state index in [0.29, 0.717) is 6.54 Å². The molecule has 150 valence electrons. The van der Waals surface area contributed by atoms with E-state index in [9.17, 15) is 0 Å². The van der Waals surface area contributed by atoms with Gasteiger partial charge in [-0.2, -0.15) is 5.10 Å². The van der Waals surface area contributed by atoms with Gasteiger partial charge >= 0.3 is 0 Å². The van der Waals surface area contributed by atoms with Crippen molar-refractivity contribution in [2.24, 2.45) is 10.1 Å². The van der Waals surface area contributed by atoms with E-state index >= 15 is 0 Å². The van der Waals surface area contributed by atoms with E-state index in [2.05, 4.69) is 16.6 Å². The quantitative estimate of drug-likeness (QED) is 0.431. The van der Waals surface area contributed by atoms with Crippen LogP contribution < -0.4 is 14.3 Å². The topological polar surface area (TPSA) is 61.0 Å². The Morgan fingerprint density at radius 2 is 2.00 bits per heavy atom. The van der Waals surface area contributed by atoms with Crippen molar-refractivity contribution in [3.8, 4) is 22.8 Å². The molecule has 0 aliphatic carbocycles. The molecule has 0 aliphatic rings. The molecule has 3 aromatic rings. The van der Waals surface area contributed by atoms with Crippen molar-refractivity contribution in [3.05, 3.63) is 70.6 Å². The molecule has 0 radical (unpaired) electrons. The molecule has 0 atom stereocenters. The molecule has 7 heteroatoms. The van der Waals surface area contributed by atoms with Gasteiger partial charge in [0, 0.05) is 17.1 Å². The molecule has 1 aromatic carbocycles. The van der Waals surface area contributed by atoms with Crippen LogP contribution in [0.25, 0.3) is 11.3 Å². The Morgan fingerprint density at radius 1 is 1.17 bits per heavy atom. The summed E-state index contributed by atoms with van der Waals surface area (Å²) in [5.41, 5.74) is 4.30. The Kier molecular flexibility index (Phi) is 6.61. The molecule has 0 fully saturated rings. The fourth-order valence-electron chi connectivity index (χ4n) is 2.68. The van der Waals surface area contributed by atoms with Crippen LogP contribution in [0.15, 0.2) is 70.2 Å². The van der Waals surface area contributed by atoms with Gasteiger partial charge in [-0.05, 0) is 44.2 Å². The molecule has 0 unspecified atom stereocenters. The number of nitrogens with zero attached hydrogens (tertiary/aromatic N) is 4. The van der Waals surface area contributed by atoms with Gasteiger partial charge in [-0.3, -0.25) is 9.98 Å². The Labute approximate surface area is 174 Å². The Morgan fingerprint density at radius 3 is 2.66 bits per heavy atom. The van der Waals surface area contributed by atoms with Crippen molar-refractivity contribution in [1.82, 2.24) is 9.66 Å². The number of benzene rings is 1. The zero-order valence-electron chi connectivity index (χ0n) is 17.0. The smallest absolute Gasteiger partial charge is 0.206 e. The highest BCUT2D eigenvalue weighted by Crippen LogP contribution is 2.33. The summed E-state index contributed by atoms with van der Waals surface area (Å²) in [7, 11) is 3.29. The van der Waals surface area contributed by atoms with Crippen LogP contribution in [0.3, 0.4) is 0 Å². The number of aromatic nitrogens is 2. The second-order valence-electron chi connectivity index (χ2n) is 6.46. The number of hydrogen-bond acceptors (Lipinski definition) is 6. The summed E-state index contributed by atoms with van der Waals surface area (Å²) in [6.07, 6.45) is 1.75. The van der Waals surface area contributed by atoms with Crippen LogP contribution in [-0.2, 0) is 0 Å². The molecule has 0 spiro atoms. The van der Waals surface area contributed by atoms with Crippen molar-refractivity contribution >= 4 is 17.0 Å². The highest BCUT2D eigenvalue weighted by molar-refractivity contribution is 7.07. The lowest BCUT2D eigenvalue weighted by atomic mass is 10.1. The molecule has 0 N–H and O–H groups in total. The van der Waals surface area contributed by atoms with Crippen LogP contribution in [0.4, 0.5) is 0 Å². The van der Waals surface area contributed by atoms with Crippen LogP contribution in [0.1, 0.15) is 19.5 Å². The fourth-order valence-corrected chi connectivity index (χ4v) is 3.51. The summed E-state index contributed by atoms with van der Waals surface area (Å²) >= 11 is 1.51. The minimum absolute atomic E-state index is 0.535. The van der Waals surface area contributed by atoms with Gasteiger partial charge in [-0.25, -0.2) is 4.68 Å². The predicted molar refractivity (Wildman–Crippen MR) is 118 cm³/mol. The molecule has 0 saturated carbocycles. The van der Waals surface area contributed by atoms with Crippen molar-refractivity contribution in [3.63, 3.8) is 0 Å². The average molecular weight is 409 g/mol. The maximum Gasteiger partial charge on any atom is 0.206 e. The monoisotopic (exact) mass is 408 g/mol. The van der Waals surface area contributed by atoms with E-state index in [1.807, 2.05) is 60.3 Å². The minimum Gasteiger partial charge on any atom is -0.497 e. The van der Waals surface area contributed by atoms with E-state index in [1.165, 1.54) is 11.3 Å².